The van der Waals surface area contributed by atoms with E-state index in [4.69, 9.17) is 10.5 Å². The standard InChI is InChI=1S/C16H21N3O/c1-19(11-9-15-4-2-3-10-18-15)12-13-20-16-7-5-14(17)6-8-16/h2-8,10H,9,11-13,17H2,1H3. The average Bonchev–Trinajstić information content (AvgIpc) is 2.48. The lowest BCUT2D eigenvalue weighted by Gasteiger charge is -2.16. The molecule has 106 valence electrons. The largest absolute Gasteiger partial charge is 0.492 e. The van der Waals surface area contributed by atoms with E-state index in [1.807, 2.05) is 42.6 Å². The Labute approximate surface area is 120 Å². The van der Waals surface area contributed by atoms with Crippen LogP contribution in [0.25, 0.3) is 0 Å². The van der Waals surface area contributed by atoms with Gasteiger partial charge in [-0.05, 0) is 43.4 Å². The lowest BCUT2D eigenvalue weighted by atomic mass is 10.2. The molecule has 2 rings (SSSR count). The third kappa shape index (κ3) is 4.90. The number of ether oxygens (including phenoxy) is 1. The minimum Gasteiger partial charge on any atom is -0.492 e. The fourth-order valence-electron chi connectivity index (χ4n) is 1.85. The van der Waals surface area contributed by atoms with Gasteiger partial charge in [0.15, 0.2) is 0 Å². The molecule has 1 aromatic carbocycles. The van der Waals surface area contributed by atoms with E-state index >= 15 is 0 Å². The first-order valence-corrected chi connectivity index (χ1v) is 6.81. The lowest BCUT2D eigenvalue weighted by molar-refractivity contribution is 0.238. The van der Waals surface area contributed by atoms with Crippen molar-refractivity contribution >= 4 is 5.69 Å². The van der Waals surface area contributed by atoms with Crippen molar-refractivity contribution in [2.24, 2.45) is 0 Å². The summed E-state index contributed by atoms with van der Waals surface area (Å²) in [5, 5.41) is 0. The van der Waals surface area contributed by atoms with Gasteiger partial charge in [-0.2, -0.15) is 0 Å². The number of aromatic nitrogens is 1. The van der Waals surface area contributed by atoms with Gasteiger partial charge in [-0.1, -0.05) is 6.07 Å². The van der Waals surface area contributed by atoms with Crippen LogP contribution in [0.1, 0.15) is 5.69 Å². The zero-order chi connectivity index (χ0) is 14.2. The highest BCUT2D eigenvalue weighted by atomic mass is 16.5. The topological polar surface area (TPSA) is 51.4 Å². The Morgan fingerprint density at radius 2 is 1.90 bits per heavy atom. The van der Waals surface area contributed by atoms with Gasteiger partial charge in [-0.15, -0.1) is 0 Å². The fourth-order valence-corrected chi connectivity index (χ4v) is 1.85. The molecule has 1 heterocycles. The van der Waals surface area contributed by atoms with E-state index in [1.165, 1.54) is 0 Å². The van der Waals surface area contributed by atoms with Gasteiger partial charge in [0.2, 0.25) is 0 Å². The minimum atomic E-state index is 0.669. The van der Waals surface area contributed by atoms with E-state index in [2.05, 4.69) is 23.0 Å². The number of rotatable bonds is 7. The van der Waals surface area contributed by atoms with Crippen LogP contribution in [0.4, 0.5) is 5.69 Å². The molecule has 2 N–H and O–H groups in total. The third-order valence-electron chi connectivity index (χ3n) is 3.10. The van der Waals surface area contributed by atoms with Crippen LogP contribution >= 0.6 is 0 Å². The molecule has 0 fully saturated rings. The summed E-state index contributed by atoms with van der Waals surface area (Å²) in [7, 11) is 2.09. The molecule has 1 aromatic heterocycles. The molecule has 0 atom stereocenters. The number of pyridine rings is 1. The Morgan fingerprint density at radius 3 is 2.60 bits per heavy atom. The van der Waals surface area contributed by atoms with Crippen molar-refractivity contribution in [1.29, 1.82) is 0 Å². The summed E-state index contributed by atoms with van der Waals surface area (Å²) in [5.74, 6) is 0.859. The Morgan fingerprint density at radius 1 is 1.10 bits per heavy atom. The smallest absolute Gasteiger partial charge is 0.119 e. The van der Waals surface area contributed by atoms with Crippen LogP contribution in [-0.4, -0.2) is 36.6 Å². The molecular weight excluding hydrogens is 250 g/mol. The van der Waals surface area contributed by atoms with Crippen LogP contribution in [0.15, 0.2) is 48.7 Å². The Balaban J connectivity index is 1.65. The summed E-state index contributed by atoms with van der Waals surface area (Å²) < 4.78 is 5.67. The second-order valence-electron chi connectivity index (χ2n) is 4.79. The van der Waals surface area contributed by atoms with Crippen molar-refractivity contribution in [3.63, 3.8) is 0 Å². The summed E-state index contributed by atoms with van der Waals surface area (Å²) in [6.07, 6.45) is 2.79. The van der Waals surface area contributed by atoms with Gasteiger partial charge in [-0.3, -0.25) is 4.98 Å². The second kappa shape index (κ2) is 7.50. The molecule has 0 saturated heterocycles. The maximum absolute atomic E-state index is 5.67. The van der Waals surface area contributed by atoms with E-state index in [-0.39, 0.29) is 0 Å². The SMILES string of the molecule is CN(CCOc1ccc(N)cc1)CCc1ccccn1. The molecule has 0 unspecified atom stereocenters. The number of nitrogen functional groups attached to an aromatic ring is 1. The van der Waals surface area contributed by atoms with E-state index in [1.54, 1.807) is 0 Å². The molecule has 0 spiro atoms. The highest BCUT2D eigenvalue weighted by Gasteiger charge is 2.01. The van der Waals surface area contributed by atoms with Gasteiger partial charge in [0.25, 0.3) is 0 Å². The fraction of sp³-hybridized carbons (Fsp3) is 0.312. The number of nitrogens with zero attached hydrogens (tertiary/aromatic N) is 2. The Bertz CT molecular complexity index is 499. The van der Waals surface area contributed by atoms with Gasteiger partial charge in [-0.25, -0.2) is 0 Å². The lowest BCUT2D eigenvalue weighted by Crippen LogP contribution is -2.26. The van der Waals surface area contributed by atoms with E-state index in [0.717, 1.165) is 36.6 Å². The molecule has 4 heteroatoms. The van der Waals surface area contributed by atoms with Gasteiger partial charge in [0, 0.05) is 37.1 Å². The van der Waals surface area contributed by atoms with Gasteiger partial charge in [0.1, 0.15) is 12.4 Å². The molecule has 0 radical (unpaired) electrons. The maximum atomic E-state index is 5.67. The molecule has 0 amide bonds. The number of likely N-dealkylation sites (N-methyl/N-ethyl adjacent to an activating group) is 1. The third-order valence-corrected chi connectivity index (χ3v) is 3.10. The molecule has 0 aliphatic rings. The van der Waals surface area contributed by atoms with E-state index in [0.29, 0.717) is 6.61 Å². The zero-order valence-corrected chi connectivity index (χ0v) is 11.8. The molecule has 0 saturated carbocycles. The molecule has 0 aliphatic carbocycles. The van der Waals surface area contributed by atoms with Crippen LogP contribution in [0, 0.1) is 0 Å². The monoisotopic (exact) mass is 271 g/mol. The second-order valence-corrected chi connectivity index (χ2v) is 4.79. The number of hydrogen-bond donors (Lipinski definition) is 1. The predicted molar refractivity (Wildman–Crippen MR) is 81.8 cm³/mol. The zero-order valence-electron chi connectivity index (χ0n) is 11.8. The number of hydrogen-bond acceptors (Lipinski definition) is 4. The minimum absolute atomic E-state index is 0.669. The Hall–Kier alpha value is -2.07. The number of benzene rings is 1. The van der Waals surface area contributed by atoms with Crippen molar-refractivity contribution in [3.8, 4) is 5.75 Å². The highest BCUT2D eigenvalue weighted by Crippen LogP contribution is 2.12. The number of nitrogens with two attached hydrogens (primary N) is 1. The first kappa shape index (κ1) is 14.3. The summed E-state index contributed by atoms with van der Waals surface area (Å²) >= 11 is 0. The van der Waals surface area contributed by atoms with Crippen molar-refractivity contribution in [3.05, 3.63) is 54.4 Å². The average molecular weight is 271 g/mol. The van der Waals surface area contributed by atoms with Crippen molar-refractivity contribution < 1.29 is 4.74 Å². The highest BCUT2D eigenvalue weighted by molar-refractivity contribution is 5.41. The number of anilines is 1. The van der Waals surface area contributed by atoms with Crippen LogP contribution in [-0.2, 0) is 6.42 Å². The summed E-state index contributed by atoms with van der Waals surface area (Å²) in [4.78, 5) is 6.56. The molecule has 4 nitrogen and oxygen atoms in total. The van der Waals surface area contributed by atoms with Crippen LogP contribution < -0.4 is 10.5 Å². The predicted octanol–water partition coefficient (Wildman–Crippen LogP) is 2.22. The normalized spacial score (nSPS) is 10.7. The molecule has 2 aromatic rings. The van der Waals surface area contributed by atoms with Crippen LogP contribution in [0.2, 0.25) is 0 Å². The van der Waals surface area contributed by atoms with Crippen molar-refractivity contribution in [2.75, 3.05) is 32.5 Å². The quantitative estimate of drug-likeness (QED) is 0.785. The first-order chi connectivity index (χ1) is 9.74. The van der Waals surface area contributed by atoms with Crippen molar-refractivity contribution in [2.45, 2.75) is 6.42 Å². The van der Waals surface area contributed by atoms with Crippen molar-refractivity contribution in [1.82, 2.24) is 9.88 Å². The summed E-state index contributed by atoms with van der Waals surface area (Å²) in [5.41, 5.74) is 7.51. The molecule has 0 bridgehead atoms. The first-order valence-electron chi connectivity index (χ1n) is 6.81. The summed E-state index contributed by atoms with van der Waals surface area (Å²) in [6, 6.07) is 13.5. The van der Waals surface area contributed by atoms with Crippen LogP contribution in [0.3, 0.4) is 0 Å². The van der Waals surface area contributed by atoms with Crippen LogP contribution in [0.5, 0.6) is 5.75 Å². The van der Waals surface area contributed by atoms with Gasteiger partial charge in [0.05, 0.1) is 0 Å². The van der Waals surface area contributed by atoms with E-state index in [9.17, 15) is 0 Å². The Kier molecular flexibility index (Phi) is 5.38. The van der Waals surface area contributed by atoms with Gasteiger partial charge < -0.3 is 15.4 Å². The van der Waals surface area contributed by atoms with Gasteiger partial charge >= 0.3 is 0 Å². The van der Waals surface area contributed by atoms with E-state index < -0.39 is 0 Å². The molecule has 20 heavy (non-hydrogen) atoms. The maximum Gasteiger partial charge on any atom is 0.119 e. The molecular formula is C16H21N3O. The molecule has 0 aliphatic heterocycles. The summed E-state index contributed by atoms with van der Waals surface area (Å²) in [6.45, 7) is 2.53.